The number of carboxylic acid groups (broad SMARTS) is 1. The Hall–Kier alpha value is -4.01. The summed E-state index contributed by atoms with van der Waals surface area (Å²) in [5, 5.41) is 27.6. The number of phenols is 1. The van der Waals surface area contributed by atoms with E-state index in [2.05, 4.69) is 19.9 Å². The van der Waals surface area contributed by atoms with E-state index in [0.717, 1.165) is 17.6 Å². The summed E-state index contributed by atoms with van der Waals surface area (Å²) < 4.78 is 30.2. The number of aromatic hydroxyl groups is 1. The number of benzene rings is 2. The van der Waals surface area contributed by atoms with Crippen LogP contribution in [0.25, 0.3) is 22.0 Å². The molecule has 6 N–H and O–H groups in total. The van der Waals surface area contributed by atoms with E-state index in [9.17, 15) is 33.0 Å². The van der Waals surface area contributed by atoms with Crippen LogP contribution >= 0.6 is 23.1 Å². The van der Waals surface area contributed by atoms with Gasteiger partial charge < -0.3 is 26.2 Å². The van der Waals surface area contributed by atoms with Crippen molar-refractivity contribution in [1.29, 1.82) is 0 Å². The van der Waals surface area contributed by atoms with Crippen LogP contribution in [0.5, 0.6) is 5.75 Å². The molecule has 0 spiro atoms. The highest BCUT2D eigenvalue weighted by Gasteiger charge is 2.33. The molecular weight excluding hydrogens is 546 g/mol. The van der Waals surface area contributed by atoms with E-state index in [-0.39, 0.29) is 37.6 Å². The maximum absolute atomic E-state index is 13.3. The Morgan fingerprint density at radius 3 is 2.49 bits per heavy atom. The van der Waals surface area contributed by atoms with Crippen LogP contribution in [-0.2, 0) is 9.84 Å². The van der Waals surface area contributed by atoms with Gasteiger partial charge in [0.05, 0.1) is 27.6 Å². The van der Waals surface area contributed by atoms with Crippen LogP contribution in [0, 0.1) is 6.92 Å². The zero-order valence-corrected chi connectivity index (χ0v) is 21.5. The van der Waals surface area contributed by atoms with Crippen LogP contribution in [0.1, 0.15) is 43.1 Å². The third-order valence-corrected chi connectivity index (χ3v) is 8.38. The lowest BCUT2D eigenvalue weighted by Gasteiger charge is -2.19. The first-order valence-electron chi connectivity index (χ1n) is 10.4. The minimum Gasteiger partial charge on any atom is -0.505 e. The lowest BCUT2D eigenvalue weighted by molar-refractivity contribution is 0.0692. The molecule has 15 heteroatoms. The smallest absolute Gasteiger partial charge is 0.352 e. The second-order valence-corrected chi connectivity index (χ2v) is 11.2. The fraction of sp³-hybridized carbons (Fsp3) is 0.136. The number of hydrogen-bond acceptors (Lipinski definition) is 9. The number of nitrogens with zero attached hydrogens (tertiary/aromatic N) is 2. The predicted molar refractivity (Wildman–Crippen MR) is 136 cm³/mol. The number of sulfone groups is 1. The van der Waals surface area contributed by atoms with Gasteiger partial charge in [-0.1, -0.05) is 23.0 Å². The molecule has 4 aromatic rings. The number of carboxylic acids is 1. The topological polar surface area (TPSA) is 205 Å². The molecule has 0 saturated carbocycles. The highest BCUT2D eigenvalue weighted by atomic mass is 35.5. The summed E-state index contributed by atoms with van der Waals surface area (Å²) in [6.07, 6.45) is 0. The number of amides is 2. The van der Waals surface area contributed by atoms with Crippen molar-refractivity contribution in [3.8, 4) is 16.9 Å². The molecular formula is C22H18ClN5O7S2. The van der Waals surface area contributed by atoms with Gasteiger partial charge in [0, 0.05) is 27.1 Å². The Morgan fingerprint density at radius 1 is 1.22 bits per heavy atom. The number of anilines is 1. The summed E-state index contributed by atoms with van der Waals surface area (Å²) in [5.41, 5.74) is 3.82. The summed E-state index contributed by atoms with van der Waals surface area (Å²) in [6, 6.07) is 5.24. The highest BCUT2D eigenvalue weighted by molar-refractivity contribution is 7.91. The second-order valence-electron chi connectivity index (χ2n) is 7.80. The molecule has 0 aliphatic heterocycles. The van der Waals surface area contributed by atoms with Crippen molar-refractivity contribution in [3.05, 3.63) is 51.1 Å². The number of nitrogens with one attached hydrogen (secondary N) is 2. The molecule has 2 amide bonds. The van der Waals surface area contributed by atoms with Crippen LogP contribution in [0.2, 0.25) is 5.02 Å². The van der Waals surface area contributed by atoms with Crippen LogP contribution < -0.4 is 11.1 Å². The number of primary amides is 1. The molecule has 0 saturated heterocycles. The minimum absolute atomic E-state index is 0.0372. The summed E-state index contributed by atoms with van der Waals surface area (Å²) in [6.45, 7) is 2.85. The fourth-order valence-electron chi connectivity index (χ4n) is 3.80. The third kappa shape index (κ3) is 4.50. The van der Waals surface area contributed by atoms with Gasteiger partial charge in [-0.25, -0.2) is 13.2 Å². The number of H-pyrrole nitrogens is 1. The molecule has 0 aliphatic carbocycles. The number of aromatic amines is 1. The first-order valence-corrected chi connectivity index (χ1v) is 13.2. The lowest BCUT2D eigenvalue weighted by Crippen LogP contribution is -2.19. The van der Waals surface area contributed by atoms with Crippen molar-refractivity contribution < 1.29 is 33.0 Å². The zero-order chi connectivity index (χ0) is 27.2. The van der Waals surface area contributed by atoms with Gasteiger partial charge in [0.15, 0.2) is 15.6 Å². The summed E-state index contributed by atoms with van der Waals surface area (Å²) in [5.74, 6) is -4.78. The fourth-order valence-corrected chi connectivity index (χ4v) is 5.65. The number of carbonyl (C=O) groups is 3. The summed E-state index contributed by atoms with van der Waals surface area (Å²) in [4.78, 5) is 39.7. The molecule has 192 valence electrons. The van der Waals surface area contributed by atoms with Gasteiger partial charge in [0.2, 0.25) is 0 Å². The number of nitrogens with two attached hydrogens (primary N) is 1. The van der Waals surface area contributed by atoms with E-state index >= 15 is 0 Å². The number of aromatic nitrogens is 3. The Bertz CT molecular complexity index is 1730. The maximum atomic E-state index is 13.3. The molecule has 0 atom stereocenters. The zero-order valence-electron chi connectivity index (χ0n) is 19.1. The Kier molecular flexibility index (Phi) is 6.66. The van der Waals surface area contributed by atoms with Crippen molar-refractivity contribution in [1.82, 2.24) is 14.6 Å². The van der Waals surface area contributed by atoms with Crippen LogP contribution in [-0.4, -0.2) is 56.7 Å². The van der Waals surface area contributed by atoms with Crippen molar-refractivity contribution in [2.75, 3.05) is 11.1 Å². The van der Waals surface area contributed by atoms with Crippen molar-refractivity contribution in [2.45, 2.75) is 18.7 Å². The van der Waals surface area contributed by atoms with Crippen LogP contribution in [0.4, 0.5) is 5.69 Å². The van der Waals surface area contributed by atoms with Crippen molar-refractivity contribution >= 4 is 67.3 Å². The minimum atomic E-state index is -4.20. The quantitative estimate of drug-likeness (QED) is 0.209. The molecule has 0 fully saturated rings. The number of aromatic carboxylic acids is 1. The molecule has 2 heterocycles. The number of rotatable bonds is 7. The number of halogens is 1. The van der Waals surface area contributed by atoms with Gasteiger partial charge in [-0.3, -0.25) is 9.59 Å². The Morgan fingerprint density at radius 2 is 1.92 bits per heavy atom. The SMILES string of the molecule is CCS(=O)(=O)c1cc(C(N)=O)c(O)c(NC(=O)c2snnc2C)c1-c1c(C(=O)O)[nH]c2ccc(Cl)cc12. The van der Waals surface area contributed by atoms with E-state index in [1.807, 2.05) is 0 Å². The molecule has 0 radical (unpaired) electrons. The van der Waals surface area contributed by atoms with E-state index in [0.29, 0.717) is 0 Å². The maximum Gasteiger partial charge on any atom is 0.352 e. The van der Waals surface area contributed by atoms with E-state index in [1.165, 1.54) is 32.0 Å². The molecule has 2 aromatic heterocycles. The first kappa shape index (κ1) is 26.1. The van der Waals surface area contributed by atoms with E-state index < -0.39 is 61.0 Å². The predicted octanol–water partition coefficient (Wildman–Crippen LogP) is 3.20. The average molecular weight is 564 g/mol. The molecule has 0 unspecified atom stereocenters. The van der Waals surface area contributed by atoms with Gasteiger partial charge in [0.1, 0.15) is 10.6 Å². The molecule has 2 aromatic carbocycles. The van der Waals surface area contributed by atoms with Gasteiger partial charge in [-0.05, 0) is 42.7 Å². The second kappa shape index (κ2) is 9.46. The van der Waals surface area contributed by atoms with Crippen molar-refractivity contribution in [2.24, 2.45) is 5.73 Å². The number of aryl methyl sites for hydroxylation is 1. The first-order chi connectivity index (χ1) is 17.4. The largest absolute Gasteiger partial charge is 0.505 e. The van der Waals surface area contributed by atoms with Gasteiger partial charge in [-0.2, -0.15) is 0 Å². The third-order valence-electron chi connectivity index (χ3n) is 5.57. The van der Waals surface area contributed by atoms with Crippen LogP contribution in [0.15, 0.2) is 29.2 Å². The Labute approximate surface area is 218 Å². The standard InChI is InChI=1S/C22H18ClN5O7S2/c1-3-37(34,35)13-7-11(20(24)30)18(29)16(26-21(31)19-8(2)27-28-36-19)15(13)14-10-6-9(23)4-5-12(10)25-17(14)22(32)33/h4-7,25,29H,3H2,1-2H3,(H2,24,30)(H,26,31)(H,32,33). The lowest BCUT2D eigenvalue weighted by atomic mass is 9.96. The van der Waals surface area contributed by atoms with E-state index in [4.69, 9.17) is 17.3 Å². The number of carbonyl (C=O) groups excluding carboxylic acids is 2. The van der Waals surface area contributed by atoms with Crippen molar-refractivity contribution in [3.63, 3.8) is 0 Å². The number of fused-ring (bicyclic) bond motifs is 1. The van der Waals surface area contributed by atoms with Crippen LogP contribution in [0.3, 0.4) is 0 Å². The molecule has 12 nitrogen and oxygen atoms in total. The van der Waals surface area contributed by atoms with Gasteiger partial charge in [0.25, 0.3) is 11.8 Å². The summed E-state index contributed by atoms with van der Waals surface area (Å²) >= 11 is 6.90. The van der Waals surface area contributed by atoms with E-state index in [1.54, 1.807) is 0 Å². The highest BCUT2D eigenvalue weighted by Crippen LogP contribution is 2.47. The van der Waals surface area contributed by atoms with Gasteiger partial charge in [-0.15, -0.1) is 5.10 Å². The number of hydrogen-bond donors (Lipinski definition) is 5. The normalized spacial score (nSPS) is 11.5. The molecule has 0 aliphatic rings. The molecule has 37 heavy (non-hydrogen) atoms. The van der Waals surface area contributed by atoms with Gasteiger partial charge >= 0.3 is 5.97 Å². The molecule has 4 rings (SSSR count). The molecule has 0 bridgehead atoms. The average Bonchev–Trinajstić information content (AvgIpc) is 3.43. The summed E-state index contributed by atoms with van der Waals surface area (Å²) in [7, 11) is -4.20. The monoisotopic (exact) mass is 563 g/mol. The Balaban J connectivity index is 2.21.